The van der Waals surface area contributed by atoms with E-state index in [1.54, 1.807) is 47.6 Å². The van der Waals surface area contributed by atoms with Crippen molar-refractivity contribution in [2.24, 2.45) is 0 Å². The molecule has 0 saturated carbocycles. The fourth-order valence-electron chi connectivity index (χ4n) is 3.80. The largest absolute Gasteiger partial charge is 0.467 e. The van der Waals surface area contributed by atoms with Gasteiger partial charge in [0.05, 0.1) is 23.5 Å². The van der Waals surface area contributed by atoms with Crippen molar-refractivity contribution in [2.45, 2.75) is 31.3 Å². The second-order valence-electron chi connectivity index (χ2n) is 8.72. The van der Waals surface area contributed by atoms with E-state index in [0.717, 1.165) is 11.3 Å². The lowest BCUT2D eigenvalue weighted by atomic mass is 10.1. The van der Waals surface area contributed by atoms with Gasteiger partial charge in [-0.1, -0.05) is 24.2 Å². The Bertz CT molecular complexity index is 1390. The van der Waals surface area contributed by atoms with E-state index in [0.29, 0.717) is 30.0 Å². The molecule has 8 nitrogen and oxygen atoms in total. The number of amides is 1. The summed E-state index contributed by atoms with van der Waals surface area (Å²) in [4.78, 5) is 17.3. The van der Waals surface area contributed by atoms with E-state index in [-0.39, 0.29) is 28.8 Å². The van der Waals surface area contributed by atoms with Crippen LogP contribution in [0, 0.1) is 0 Å². The van der Waals surface area contributed by atoms with Crippen molar-refractivity contribution in [1.29, 1.82) is 0 Å². The van der Waals surface area contributed by atoms with Crippen LogP contribution in [0.25, 0.3) is 11.3 Å². The summed E-state index contributed by atoms with van der Waals surface area (Å²) < 4.78 is 35.5. The normalized spacial score (nSPS) is 11.4. The predicted molar refractivity (Wildman–Crippen MR) is 137 cm³/mol. The van der Waals surface area contributed by atoms with Gasteiger partial charge in [0, 0.05) is 38.0 Å². The first-order chi connectivity index (χ1) is 17.3. The van der Waals surface area contributed by atoms with Crippen molar-refractivity contribution in [2.75, 3.05) is 24.7 Å². The lowest BCUT2D eigenvalue weighted by molar-refractivity contribution is 0.0707. The maximum Gasteiger partial charge on any atom is 0.276 e. The Balaban J connectivity index is 1.55. The molecule has 0 bridgehead atoms. The van der Waals surface area contributed by atoms with E-state index in [4.69, 9.17) is 8.94 Å². The average molecular weight is 508 g/mol. The number of benzene rings is 2. The highest BCUT2D eigenvalue weighted by molar-refractivity contribution is 7.91. The molecule has 9 heteroatoms. The second kappa shape index (κ2) is 10.8. The van der Waals surface area contributed by atoms with E-state index >= 15 is 0 Å². The summed E-state index contributed by atoms with van der Waals surface area (Å²) in [5.41, 5.74) is 2.82. The molecule has 0 unspecified atom stereocenters. The number of aromatic nitrogens is 1. The number of carbonyl (C=O) groups is 1. The van der Waals surface area contributed by atoms with Crippen molar-refractivity contribution in [3.63, 3.8) is 0 Å². The molecule has 0 radical (unpaired) electrons. The monoisotopic (exact) mass is 507 g/mol. The van der Waals surface area contributed by atoms with Crippen LogP contribution in [0.1, 0.15) is 35.2 Å². The predicted octanol–water partition coefficient (Wildman–Crippen LogP) is 5.03. The third-order valence-electron chi connectivity index (χ3n) is 5.74. The lowest BCUT2D eigenvalue weighted by Crippen LogP contribution is -2.30. The molecule has 0 atom stereocenters. The van der Waals surface area contributed by atoms with Crippen LogP contribution in [0.5, 0.6) is 0 Å². The summed E-state index contributed by atoms with van der Waals surface area (Å²) in [5, 5.41) is 4.00. The minimum atomic E-state index is -3.31. The van der Waals surface area contributed by atoms with Crippen LogP contribution < -0.4 is 4.90 Å². The summed E-state index contributed by atoms with van der Waals surface area (Å²) in [6.07, 6.45) is 2.12. The van der Waals surface area contributed by atoms with Crippen molar-refractivity contribution in [3.8, 4) is 11.3 Å². The molecule has 36 heavy (non-hydrogen) atoms. The zero-order valence-electron chi connectivity index (χ0n) is 20.5. The van der Waals surface area contributed by atoms with Crippen LogP contribution >= 0.6 is 0 Å². The van der Waals surface area contributed by atoms with Gasteiger partial charge in [0.15, 0.2) is 21.3 Å². The van der Waals surface area contributed by atoms with E-state index in [9.17, 15) is 13.2 Å². The topological polar surface area (TPSA) is 96.9 Å². The molecule has 0 aliphatic carbocycles. The number of sulfone groups is 1. The summed E-state index contributed by atoms with van der Waals surface area (Å²) >= 11 is 0. The molecule has 4 aromatic rings. The van der Waals surface area contributed by atoms with E-state index in [2.05, 4.69) is 5.16 Å². The molecule has 0 N–H and O–H groups in total. The molecule has 1 amide bonds. The zero-order valence-corrected chi connectivity index (χ0v) is 21.4. The second-order valence-corrected chi connectivity index (χ2v) is 10.8. The number of rotatable bonds is 10. The lowest BCUT2D eigenvalue weighted by Gasteiger charge is -2.21. The first-order valence-electron chi connectivity index (χ1n) is 11.6. The zero-order chi connectivity index (χ0) is 25.7. The van der Waals surface area contributed by atoms with E-state index in [1.165, 1.54) is 0 Å². The SMILES string of the molecule is CCCS(=O)(=O)c1ccc(-c2cc(C(=O)N(Cc3ccc(N(C)C)cc3)Cc3ccco3)no2)cc1. The van der Waals surface area contributed by atoms with Crippen molar-refractivity contribution in [1.82, 2.24) is 10.1 Å². The van der Waals surface area contributed by atoms with Gasteiger partial charge in [-0.2, -0.15) is 0 Å². The number of anilines is 1. The highest BCUT2D eigenvalue weighted by Crippen LogP contribution is 2.24. The Morgan fingerprint density at radius 3 is 2.31 bits per heavy atom. The fraction of sp³-hybridized carbons (Fsp3) is 0.259. The molecule has 0 fully saturated rings. The van der Waals surface area contributed by atoms with Crippen molar-refractivity contribution < 1.29 is 22.2 Å². The third kappa shape index (κ3) is 5.85. The first-order valence-corrected chi connectivity index (χ1v) is 13.3. The molecular weight excluding hydrogens is 478 g/mol. The van der Waals surface area contributed by atoms with Crippen molar-refractivity contribution >= 4 is 21.4 Å². The molecule has 188 valence electrons. The van der Waals surface area contributed by atoms with Gasteiger partial charge in [0.1, 0.15) is 5.76 Å². The van der Waals surface area contributed by atoms with E-state index < -0.39 is 9.84 Å². The van der Waals surface area contributed by atoms with Gasteiger partial charge < -0.3 is 18.7 Å². The Morgan fingerprint density at radius 1 is 0.972 bits per heavy atom. The maximum absolute atomic E-state index is 13.4. The van der Waals surface area contributed by atoms with Gasteiger partial charge in [-0.05, 0) is 60.5 Å². The van der Waals surface area contributed by atoms with Gasteiger partial charge >= 0.3 is 0 Å². The molecule has 2 aromatic carbocycles. The molecule has 0 saturated heterocycles. The molecule has 0 aliphatic rings. The van der Waals surface area contributed by atoms with Crippen LogP contribution in [-0.2, 0) is 22.9 Å². The van der Waals surface area contributed by atoms with Crippen LogP contribution in [0.3, 0.4) is 0 Å². The first kappa shape index (κ1) is 25.2. The Labute approximate surface area is 211 Å². The summed E-state index contributed by atoms with van der Waals surface area (Å²) in [6.45, 7) is 2.46. The Kier molecular flexibility index (Phi) is 7.59. The number of furan rings is 1. The fourth-order valence-corrected chi connectivity index (χ4v) is 5.12. The number of hydrogen-bond acceptors (Lipinski definition) is 7. The number of hydrogen-bond donors (Lipinski definition) is 0. The number of carbonyl (C=O) groups excluding carboxylic acids is 1. The Morgan fingerprint density at radius 2 is 1.69 bits per heavy atom. The van der Waals surface area contributed by atoms with Crippen LogP contribution in [-0.4, -0.2) is 44.2 Å². The Hall–Kier alpha value is -3.85. The molecule has 2 aromatic heterocycles. The van der Waals surface area contributed by atoms with Gasteiger partial charge in [-0.25, -0.2) is 8.42 Å². The van der Waals surface area contributed by atoms with Crippen LogP contribution in [0.2, 0.25) is 0 Å². The van der Waals surface area contributed by atoms with Crippen LogP contribution in [0.15, 0.2) is 86.8 Å². The van der Waals surface area contributed by atoms with Gasteiger partial charge in [-0.15, -0.1) is 0 Å². The summed E-state index contributed by atoms with van der Waals surface area (Å²) in [6, 6.07) is 19.6. The molecular formula is C27H29N3O5S. The molecule has 0 spiro atoms. The average Bonchev–Trinajstić information content (AvgIpc) is 3.56. The van der Waals surface area contributed by atoms with Gasteiger partial charge in [0.25, 0.3) is 5.91 Å². The van der Waals surface area contributed by atoms with E-state index in [1.807, 2.05) is 56.3 Å². The summed E-state index contributed by atoms with van der Waals surface area (Å²) in [7, 11) is 0.638. The smallest absolute Gasteiger partial charge is 0.276 e. The van der Waals surface area contributed by atoms with Gasteiger partial charge in [-0.3, -0.25) is 4.79 Å². The summed E-state index contributed by atoms with van der Waals surface area (Å²) in [5.74, 6) is 0.823. The highest BCUT2D eigenvalue weighted by Gasteiger charge is 2.22. The molecule has 2 heterocycles. The highest BCUT2D eigenvalue weighted by atomic mass is 32.2. The molecule has 4 rings (SSSR count). The van der Waals surface area contributed by atoms with Crippen molar-refractivity contribution in [3.05, 3.63) is 90.0 Å². The third-order valence-corrected chi connectivity index (χ3v) is 7.68. The number of nitrogens with zero attached hydrogens (tertiary/aromatic N) is 3. The maximum atomic E-state index is 13.4. The van der Waals surface area contributed by atoms with Crippen LogP contribution in [0.4, 0.5) is 5.69 Å². The minimum absolute atomic E-state index is 0.0939. The minimum Gasteiger partial charge on any atom is -0.467 e. The quantitative estimate of drug-likeness (QED) is 0.297. The standard InChI is InChI=1S/C27H29N3O5S/c1-4-16-36(32,33)24-13-9-21(10-14-24)26-17-25(28-35-26)27(31)30(19-23-6-5-15-34-23)18-20-7-11-22(12-8-20)29(2)3/h5-15,17H,4,16,18-19H2,1-3H3. The molecule has 0 aliphatic heterocycles. The van der Waals surface area contributed by atoms with Gasteiger partial charge in [0.2, 0.25) is 0 Å².